The molecule has 0 unspecified atom stereocenters. The second kappa shape index (κ2) is 15.0. The Kier molecular flexibility index (Phi) is 11.0. The average molecular weight is 688 g/mol. The molecule has 5 amide bonds. The number of carbonyl (C=O) groups excluding carboxylic acids is 5. The van der Waals surface area contributed by atoms with Gasteiger partial charge in [0, 0.05) is 18.0 Å². The molecule has 1 saturated heterocycles. The lowest BCUT2D eigenvalue weighted by Crippen LogP contribution is -2.58. The highest BCUT2D eigenvalue weighted by molar-refractivity contribution is 7.91. The summed E-state index contributed by atoms with van der Waals surface area (Å²) in [5.41, 5.74) is -0.0177. The zero-order valence-corrected chi connectivity index (χ0v) is 28.0. The van der Waals surface area contributed by atoms with Gasteiger partial charge in [-0.2, -0.15) is 0 Å². The van der Waals surface area contributed by atoms with Crippen LogP contribution >= 0.6 is 0 Å². The fourth-order valence-electron chi connectivity index (χ4n) is 6.32. The minimum Gasteiger partial charge on any atom is -0.450 e. The molecular formula is C33H45N5O9S. The number of carbonyl (C=O) groups is 5. The Morgan fingerprint density at radius 3 is 2.65 bits per heavy atom. The fraction of sp³-hybridized carbons (Fsp3) is 0.606. The standard InChI is InChI=1S/C33H45N5O9S/c1-3-5-13-26-29(40)38-20-24(47-32(43)34-23-12-9-11-21(17-23)10-7-6-8-16-46-31(42)35-26)18-27(38)28(39)36-33(19-22(33)4-2)30(41)37-48(44,45)25-14-15-25/h4,9,11-12,17,22,24-27H,2-3,5-8,10,13-16,18-20H2,1H3,(H,34,43)(H,35,42)(H,36,39)(H,37,41)/t22-,24+,26-,27-,33+/m0/s1. The van der Waals surface area contributed by atoms with Crippen LogP contribution in [0, 0.1) is 5.92 Å². The van der Waals surface area contributed by atoms with Gasteiger partial charge in [0.05, 0.1) is 18.4 Å². The SMILES string of the molecule is C=C[C@H]1C[C@]1(NC(=O)[C@@H]1C[C@@H]2CN1C(=O)[C@H](CCCC)NC(=O)OCCCCCc1cccc(c1)NC(=O)O2)C(=O)NS(=O)(=O)C1CC1. The molecule has 0 radical (unpaired) electrons. The number of ether oxygens (including phenoxy) is 2. The van der Waals surface area contributed by atoms with E-state index in [2.05, 4.69) is 27.3 Å². The molecule has 5 rings (SSSR count). The van der Waals surface area contributed by atoms with Gasteiger partial charge in [-0.15, -0.1) is 6.58 Å². The van der Waals surface area contributed by atoms with Crippen LogP contribution in [-0.2, 0) is 40.3 Å². The van der Waals surface area contributed by atoms with Crippen molar-refractivity contribution in [1.82, 2.24) is 20.3 Å². The minimum absolute atomic E-state index is 0.0905. The number of amides is 5. The number of benzene rings is 1. The summed E-state index contributed by atoms with van der Waals surface area (Å²) in [5.74, 6) is -2.68. The van der Waals surface area contributed by atoms with Crippen molar-refractivity contribution in [2.75, 3.05) is 18.5 Å². The van der Waals surface area contributed by atoms with Crippen molar-refractivity contribution < 1.29 is 41.9 Å². The van der Waals surface area contributed by atoms with Gasteiger partial charge in [0.25, 0.3) is 5.91 Å². The van der Waals surface area contributed by atoms with Crippen molar-refractivity contribution >= 4 is 45.6 Å². The van der Waals surface area contributed by atoms with Crippen molar-refractivity contribution in [1.29, 1.82) is 0 Å². The number of unbranched alkanes of at least 4 members (excludes halogenated alkanes) is 1. The van der Waals surface area contributed by atoms with E-state index in [0.29, 0.717) is 31.4 Å². The Hall–Kier alpha value is -4.14. The first-order valence-corrected chi connectivity index (χ1v) is 18.3. The van der Waals surface area contributed by atoms with Gasteiger partial charge in [0.1, 0.15) is 23.7 Å². The van der Waals surface area contributed by atoms with E-state index in [1.54, 1.807) is 6.07 Å². The van der Waals surface area contributed by atoms with Gasteiger partial charge >= 0.3 is 12.2 Å². The molecule has 1 aromatic rings. The molecule has 5 atom stereocenters. The number of hydrogen-bond acceptors (Lipinski definition) is 9. The van der Waals surface area contributed by atoms with E-state index in [4.69, 9.17) is 9.47 Å². The summed E-state index contributed by atoms with van der Waals surface area (Å²) >= 11 is 0. The van der Waals surface area contributed by atoms with Crippen molar-refractivity contribution in [3.8, 4) is 0 Å². The Labute approximate surface area is 280 Å². The van der Waals surface area contributed by atoms with Gasteiger partial charge in [-0.05, 0) is 69.1 Å². The van der Waals surface area contributed by atoms with Crippen LogP contribution in [-0.4, -0.2) is 85.4 Å². The molecular weight excluding hydrogens is 642 g/mol. The smallest absolute Gasteiger partial charge is 0.411 e. The number of nitrogens with zero attached hydrogens (tertiary/aromatic N) is 1. The number of aryl methyl sites for hydroxylation is 1. The number of rotatable bonds is 9. The summed E-state index contributed by atoms with van der Waals surface area (Å²) < 4.78 is 38.3. The number of fused-ring (bicyclic) bond motifs is 4. The molecule has 2 saturated carbocycles. The number of hydrogen-bond donors (Lipinski definition) is 4. The maximum Gasteiger partial charge on any atom is 0.411 e. The monoisotopic (exact) mass is 687 g/mol. The lowest BCUT2D eigenvalue weighted by atomic mass is 10.1. The van der Waals surface area contributed by atoms with E-state index in [9.17, 15) is 32.4 Å². The number of anilines is 1. The fourth-order valence-corrected chi connectivity index (χ4v) is 7.68. The molecule has 2 aliphatic heterocycles. The van der Waals surface area contributed by atoms with Crippen molar-refractivity contribution in [2.45, 2.75) is 107 Å². The van der Waals surface area contributed by atoms with Gasteiger partial charge in [-0.3, -0.25) is 24.4 Å². The second-order valence-corrected chi connectivity index (χ2v) is 15.0. The van der Waals surface area contributed by atoms with Gasteiger partial charge in [-0.1, -0.05) is 38.0 Å². The predicted molar refractivity (Wildman–Crippen MR) is 175 cm³/mol. The summed E-state index contributed by atoms with van der Waals surface area (Å²) in [6.07, 6.45) is 4.66. The van der Waals surface area contributed by atoms with Crippen LogP contribution in [0.4, 0.5) is 15.3 Å². The van der Waals surface area contributed by atoms with Crippen LogP contribution < -0.4 is 20.7 Å². The van der Waals surface area contributed by atoms with Crippen LogP contribution in [0.5, 0.6) is 0 Å². The lowest BCUT2D eigenvalue weighted by molar-refractivity contribution is -0.141. The number of nitrogens with one attached hydrogen (secondary N) is 4. The van der Waals surface area contributed by atoms with Crippen LogP contribution in [0.25, 0.3) is 0 Å². The van der Waals surface area contributed by atoms with E-state index in [1.807, 2.05) is 25.1 Å². The number of cyclic esters (lactones) is 1. The third kappa shape index (κ3) is 8.47. The Bertz CT molecular complexity index is 1530. The topological polar surface area (TPSA) is 189 Å². The third-order valence-electron chi connectivity index (χ3n) is 9.32. The van der Waals surface area contributed by atoms with Crippen molar-refractivity contribution in [2.24, 2.45) is 5.92 Å². The highest BCUT2D eigenvalue weighted by Gasteiger charge is 2.62. The van der Waals surface area contributed by atoms with E-state index in [-0.39, 0.29) is 32.4 Å². The minimum atomic E-state index is -3.89. The van der Waals surface area contributed by atoms with E-state index in [1.165, 1.54) is 11.0 Å². The first-order valence-electron chi connectivity index (χ1n) is 16.8. The first kappa shape index (κ1) is 35.2. The Morgan fingerprint density at radius 1 is 1.15 bits per heavy atom. The van der Waals surface area contributed by atoms with Crippen LogP contribution in [0.3, 0.4) is 0 Å². The molecule has 3 fully saturated rings. The van der Waals surface area contributed by atoms with Crippen LogP contribution in [0.1, 0.15) is 76.7 Å². The zero-order valence-electron chi connectivity index (χ0n) is 27.2. The largest absolute Gasteiger partial charge is 0.450 e. The normalized spacial score (nSPS) is 28.3. The van der Waals surface area contributed by atoms with Gasteiger partial charge < -0.3 is 25.0 Å². The van der Waals surface area contributed by atoms with Crippen molar-refractivity contribution in [3.63, 3.8) is 0 Å². The Balaban J connectivity index is 1.38. The number of alkyl carbamates (subject to hydrolysis) is 1. The molecule has 4 N–H and O–H groups in total. The molecule has 0 aromatic heterocycles. The van der Waals surface area contributed by atoms with Crippen LogP contribution in [0.15, 0.2) is 36.9 Å². The van der Waals surface area contributed by atoms with E-state index in [0.717, 1.165) is 31.2 Å². The highest BCUT2D eigenvalue weighted by Crippen LogP contribution is 2.45. The molecule has 15 heteroatoms. The maximum absolute atomic E-state index is 14.1. The average Bonchev–Trinajstić information content (AvgIpc) is 3.97. The van der Waals surface area contributed by atoms with Gasteiger partial charge in [0.2, 0.25) is 21.8 Å². The molecule has 262 valence electrons. The summed E-state index contributed by atoms with van der Waals surface area (Å²) in [4.78, 5) is 68.3. The molecule has 48 heavy (non-hydrogen) atoms. The maximum atomic E-state index is 14.1. The summed E-state index contributed by atoms with van der Waals surface area (Å²) in [6, 6.07) is 5.14. The van der Waals surface area contributed by atoms with Gasteiger partial charge in [-0.25, -0.2) is 18.0 Å². The highest BCUT2D eigenvalue weighted by atomic mass is 32.2. The second-order valence-electron chi connectivity index (χ2n) is 13.1. The summed E-state index contributed by atoms with van der Waals surface area (Å²) in [5, 5.41) is 7.45. The molecule has 4 bridgehead atoms. The molecule has 0 spiro atoms. The van der Waals surface area contributed by atoms with Gasteiger partial charge in [0.15, 0.2) is 0 Å². The Morgan fingerprint density at radius 2 is 1.94 bits per heavy atom. The molecule has 2 heterocycles. The zero-order chi connectivity index (χ0) is 34.5. The molecule has 14 nitrogen and oxygen atoms in total. The lowest BCUT2D eigenvalue weighted by Gasteiger charge is -2.29. The third-order valence-corrected chi connectivity index (χ3v) is 11.1. The molecule has 4 aliphatic rings. The number of sulfonamides is 1. The molecule has 2 aliphatic carbocycles. The summed E-state index contributed by atoms with van der Waals surface area (Å²) in [6.45, 7) is 5.69. The van der Waals surface area contributed by atoms with Crippen molar-refractivity contribution in [3.05, 3.63) is 42.5 Å². The molecule has 1 aromatic carbocycles. The first-order chi connectivity index (χ1) is 23.0. The van der Waals surface area contributed by atoms with E-state index < -0.39 is 74.8 Å². The van der Waals surface area contributed by atoms with Crippen LogP contribution in [0.2, 0.25) is 0 Å². The predicted octanol–water partition coefficient (Wildman–Crippen LogP) is 2.89. The van der Waals surface area contributed by atoms with E-state index >= 15 is 0 Å². The summed E-state index contributed by atoms with van der Waals surface area (Å²) in [7, 11) is -3.89. The quantitative estimate of drug-likeness (QED) is 0.283.